The fraction of sp³-hybridized carbons (Fsp3) is 0.333. The Labute approximate surface area is 141 Å². The van der Waals surface area contributed by atoms with Gasteiger partial charge in [-0.25, -0.2) is 0 Å². The van der Waals surface area contributed by atoms with E-state index in [1.165, 1.54) is 10.7 Å². The number of aliphatic hydroxyl groups is 1. The van der Waals surface area contributed by atoms with Gasteiger partial charge in [0.2, 0.25) is 0 Å². The molecule has 2 heterocycles. The normalized spacial score (nSPS) is 16.5. The van der Waals surface area contributed by atoms with Gasteiger partial charge in [-0.2, -0.15) is 0 Å². The summed E-state index contributed by atoms with van der Waals surface area (Å²) in [5, 5.41) is 11.8. The van der Waals surface area contributed by atoms with Crippen molar-refractivity contribution in [2.45, 2.75) is 39.3 Å². The second kappa shape index (κ2) is 7.84. The Balaban J connectivity index is 0.000000160. The SMILES string of the molecule is CC1C=c2c(Br)cccc2=N1.CCC(O)c1ccbc(C)c1. The monoisotopic (exact) mass is 357 g/mol. The van der Waals surface area contributed by atoms with E-state index in [1.807, 2.05) is 57.1 Å². The quantitative estimate of drug-likeness (QED) is 0.880. The minimum atomic E-state index is -0.296. The Morgan fingerprint density at radius 2 is 2.14 bits per heavy atom. The summed E-state index contributed by atoms with van der Waals surface area (Å²) in [6, 6.07) is 10.4. The molecule has 1 aromatic carbocycles. The number of nitrogens with zero attached hydrogens (tertiary/aromatic N) is 1. The molecule has 0 fully saturated rings. The van der Waals surface area contributed by atoms with Crippen molar-refractivity contribution in [1.29, 1.82) is 0 Å². The molecular formula is C18H21BBrNO. The van der Waals surface area contributed by atoms with Crippen molar-refractivity contribution in [2.75, 3.05) is 0 Å². The second-order valence-electron chi connectivity index (χ2n) is 5.55. The number of aliphatic hydroxyl groups excluding tert-OH is 1. The van der Waals surface area contributed by atoms with E-state index in [4.69, 9.17) is 0 Å². The van der Waals surface area contributed by atoms with E-state index in [2.05, 4.69) is 33.9 Å². The van der Waals surface area contributed by atoms with Gasteiger partial charge in [0, 0.05) is 9.69 Å². The van der Waals surface area contributed by atoms with Crippen LogP contribution in [0.4, 0.5) is 0 Å². The van der Waals surface area contributed by atoms with Crippen molar-refractivity contribution in [3.63, 3.8) is 0 Å². The maximum atomic E-state index is 9.45. The predicted octanol–water partition coefficient (Wildman–Crippen LogP) is 3.03. The van der Waals surface area contributed by atoms with E-state index in [9.17, 15) is 5.11 Å². The first-order chi connectivity index (χ1) is 10.5. The molecule has 0 radical (unpaired) electrons. The molecule has 0 amide bonds. The summed E-state index contributed by atoms with van der Waals surface area (Å²) in [5.74, 6) is 1.98. The number of halogens is 1. The molecule has 2 unspecified atom stereocenters. The summed E-state index contributed by atoms with van der Waals surface area (Å²) >= 11 is 3.48. The molecule has 1 N–H and O–H groups in total. The van der Waals surface area contributed by atoms with Crippen molar-refractivity contribution < 1.29 is 5.11 Å². The van der Waals surface area contributed by atoms with Crippen molar-refractivity contribution in [3.8, 4) is 0 Å². The minimum absolute atomic E-state index is 0.296. The molecule has 1 aliphatic rings. The average Bonchev–Trinajstić information content (AvgIpc) is 2.89. The molecule has 2 atom stereocenters. The average molecular weight is 358 g/mol. The summed E-state index contributed by atoms with van der Waals surface area (Å²) in [6.07, 6.45) is 2.65. The van der Waals surface area contributed by atoms with E-state index in [-0.39, 0.29) is 6.10 Å². The molecule has 2 nitrogen and oxygen atoms in total. The van der Waals surface area contributed by atoms with Crippen molar-refractivity contribution in [3.05, 3.63) is 62.4 Å². The summed E-state index contributed by atoms with van der Waals surface area (Å²) < 4.78 is 1.14. The van der Waals surface area contributed by atoms with Crippen LogP contribution < -0.4 is 10.6 Å². The zero-order chi connectivity index (χ0) is 16.1. The summed E-state index contributed by atoms with van der Waals surface area (Å²) in [7, 11) is 0. The Morgan fingerprint density at radius 3 is 2.77 bits per heavy atom. The number of hydrogen-bond acceptors (Lipinski definition) is 2. The van der Waals surface area contributed by atoms with Crippen LogP contribution in [0.3, 0.4) is 0 Å². The number of fused-ring (bicyclic) bond motifs is 1. The third kappa shape index (κ3) is 4.37. The summed E-state index contributed by atoms with van der Waals surface area (Å²) in [4.78, 5) is 4.43. The Hall–Kier alpha value is -1.26. The van der Waals surface area contributed by atoms with Gasteiger partial charge in [-0.1, -0.05) is 22.0 Å². The molecular weight excluding hydrogens is 337 g/mol. The Morgan fingerprint density at radius 1 is 1.36 bits per heavy atom. The van der Waals surface area contributed by atoms with E-state index in [0.717, 1.165) is 21.8 Å². The topological polar surface area (TPSA) is 32.6 Å². The van der Waals surface area contributed by atoms with E-state index >= 15 is 0 Å². The predicted molar refractivity (Wildman–Crippen MR) is 96.6 cm³/mol. The molecule has 0 spiro atoms. The molecule has 1 aliphatic heterocycles. The molecule has 0 saturated heterocycles. The number of rotatable bonds is 2. The molecule has 1 aromatic heterocycles. The van der Waals surface area contributed by atoms with Crippen LogP contribution in [0.25, 0.3) is 6.08 Å². The number of benzene rings is 1. The van der Waals surface area contributed by atoms with Crippen LogP contribution in [0.2, 0.25) is 0 Å². The van der Waals surface area contributed by atoms with Gasteiger partial charge in [0.15, 0.2) is 0 Å². The number of hydrogen-bond donors (Lipinski definition) is 1. The maximum absolute atomic E-state index is 9.45. The third-order valence-corrected chi connectivity index (χ3v) is 4.29. The van der Waals surface area contributed by atoms with Crippen LogP contribution in [0.5, 0.6) is 0 Å². The Kier molecular flexibility index (Phi) is 6.10. The first-order valence-electron chi connectivity index (χ1n) is 7.60. The van der Waals surface area contributed by atoms with Crippen LogP contribution in [0.15, 0.2) is 45.8 Å². The Bertz CT molecular complexity index is 760. The summed E-state index contributed by atoms with van der Waals surface area (Å²) in [5.41, 5.74) is 2.22. The van der Waals surface area contributed by atoms with E-state index in [0.29, 0.717) is 6.04 Å². The fourth-order valence-corrected chi connectivity index (χ4v) is 2.90. The molecule has 22 heavy (non-hydrogen) atoms. The van der Waals surface area contributed by atoms with E-state index in [1.54, 1.807) is 0 Å². The number of aryl methyl sites for hydroxylation is 1. The van der Waals surface area contributed by atoms with Gasteiger partial charge >= 0.3 is 67.5 Å². The van der Waals surface area contributed by atoms with Crippen molar-refractivity contribution in [2.24, 2.45) is 4.99 Å². The fourth-order valence-electron chi connectivity index (χ4n) is 2.41. The van der Waals surface area contributed by atoms with Gasteiger partial charge in [-0.05, 0) is 25.1 Å². The van der Waals surface area contributed by atoms with Gasteiger partial charge in [0.1, 0.15) is 0 Å². The third-order valence-electron chi connectivity index (χ3n) is 3.59. The first-order valence-corrected chi connectivity index (χ1v) is 8.39. The zero-order valence-corrected chi connectivity index (χ0v) is 14.8. The molecule has 114 valence electrons. The van der Waals surface area contributed by atoms with Crippen LogP contribution in [-0.4, -0.2) is 18.1 Å². The first kappa shape index (κ1) is 17.1. The van der Waals surface area contributed by atoms with Crippen LogP contribution in [0.1, 0.15) is 37.4 Å². The van der Waals surface area contributed by atoms with E-state index < -0.39 is 0 Å². The van der Waals surface area contributed by atoms with Crippen LogP contribution in [0, 0.1) is 6.92 Å². The molecule has 0 saturated carbocycles. The molecule has 0 aliphatic carbocycles. The van der Waals surface area contributed by atoms with Gasteiger partial charge in [0.25, 0.3) is 0 Å². The zero-order valence-electron chi connectivity index (χ0n) is 13.3. The molecule has 3 rings (SSSR count). The van der Waals surface area contributed by atoms with Crippen LogP contribution in [-0.2, 0) is 0 Å². The van der Waals surface area contributed by atoms with Gasteiger partial charge in [-0.15, -0.1) is 0 Å². The van der Waals surface area contributed by atoms with Crippen molar-refractivity contribution >= 4 is 28.9 Å². The standard InChI is InChI=1S/C9H13BO.C9H8BrN/c1-3-9(11)8-4-5-10-7(2)6-8;1-6-5-7-8(10)3-2-4-9(7)11-6/h4-6,9,11H,3H2,1-2H3;2-6H,1H3. The van der Waals surface area contributed by atoms with Gasteiger partial charge < -0.3 is 0 Å². The summed E-state index contributed by atoms with van der Waals surface area (Å²) in [6.45, 7) is 8.14. The molecule has 4 heteroatoms. The van der Waals surface area contributed by atoms with Crippen LogP contribution >= 0.6 is 15.9 Å². The molecule has 2 aromatic rings. The molecule has 0 bridgehead atoms. The van der Waals surface area contributed by atoms with Gasteiger partial charge in [0.05, 0.1) is 11.4 Å². The van der Waals surface area contributed by atoms with Gasteiger partial charge in [-0.3, -0.25) is 4.99 Å². The second-order valence-corrected chi connectivity index (χ2v) is 6.40. The van der Waals surface area contributed by atoms with Crippen molar-refractivity contribution in [1.82, 2.24) is 0 Å².